The minimum atomic E-state index is -0.00859. The molecule has 0 atom stereocenters. The molecule has 0 fully saturated rings. The molecule has 0 unspecified atom stereocenters. The van der Waals surface area contributed by atoms with E-state index in [4.69, 9.17) is 0 Å². The third-order valence-electron chi connectivity index (χ3n) is 2.65. The van der Waals surface area contributed by atoms with Gasteiger partial charge in [-0.3, -0.25) is 0 Å². The van der Waals surface area contributed by atoms with Crippen LogP contribution in [0, 0.1) is 0 Å². The SMILES string of the molecule is CC(C)(C)c1cccc(C(C)(C)C)c1O.[H-].[K+]. The maximum atomic E-state index is 10.3. The Kier molecular flexibility index (Phi) is 5.76. The van der Waals surface area contributed by atoms with Crippen molar-refractivity contribution in [3.05, 3.63) is 29.3 Å². The molecule has 2 heteroatoms. The molecular weight excluding hydrogens is 223 g/mol. The number of hydrogen-bond acceptors (Lipinski definition) is 1. The topological polar surface area (TPSA) is 20.2 Å². The molecule has 0 aliphatic carbocycles. The average molecular weight is 246 g/mol. The second-order valence-corrected chi connectivity index (χ2v) is 6.20. The first-order chi connectivity index (χ1) is 6.64. The van der Waals surface area contributed by atoms with Crippen LogP contribution < -0.4 is 51.4 Å². The van der Waals surface area contributed by atoms with E-state index in [2.05, 4.69) is 41.5 Å². The largest absolute Gasteiger partial charge is 1.00 e. The van der Waals surface area contributed by atoms with Crippen molar-refractivity contribution in [2.45, 2.75) is 52.4 Å². The number of para-hydroxylation sites is 1. The molecule has 0 heterocycles. The molecule has 16 heavy (non-hydrogen) atoms. The van der Waals surface area contributed by atoms with Gasteiger partial charge in [-0.1, -0.05) is 59.7 Å². The summed E-state index contributed by atoms with van der Waals surface area (Å²) in [6.07, 6.45) is 0. The number of phenolic OH excluding ortho intramolecular Hbond substituents is 1. The van der Waals surface area contributed by atoms with E-state index >= 15 is 0 Å². The first-order valence-corrected chi connectivity index (χ1v) is 5.47. The molecule has 0 bridgehead atoms. The normalized spacial score (nSPS) is 12.1. The Hall–Kier alpha value is 0.656. The monoisotopic (exact) mass is 246 g/mol. The van der Waals surface area contributed by atoms with Gasteiger partial charge in [-0.25, -0.2) is 0 Å². The molecule has 1 N–H and O–H groups in total. The van der Waals surface area contributed by atoms with E-state index < -0.39 is 0 Å². The van der Waals surface area contributed by atoms with Crippen molar-refractivity contribution in [2.75, 3.05) is 0 Å². The Labute approximate surface area is 144 Å². The molecule has 0 amide bonds. The van der Waals surface area contributed by atoms with Crippen molar-refractivity contribution < 1.29 is 57.9 Å². The molecule has 1 aromatic carbocycles. The van der Waals surface area contributed by atoms with Crippen LogP contribution in [0.1, 0.15) is 54.1 Å². The van der Waals surface area contributed by atoms with Crippen LogP contribution in [-0.2, 0) is 10.8 Å². The molecule has 1 aromatic rings. The third-order valence-corrected chi connectivity index (χ3v) is 2.65. The molecule has 0 aromatic heterocycles. The van der Waals surface area contributed by atoms with Crippen LogP contribution in [0.3, 0.4) is 0 Å². The summed E-state index contributed by atoms with van der Waals surface area (Å²) in [7, 11) is 0. The Morgan fingerprint density at radius 2 is 1.19 bits per heavy atom. The molecule has 0 spiro atoms. The van der Waals surface area contributed by atoms with Gasteiger partial charge in [0.1, 0.15) is 5.75 Å². The van der Waals surface area contributed by atoms with Crippen LogP contribution in [0.2, 0.25) is 0 Å². The van der Waals surface area contributed by atoms with Crippen LogP contribution in [-0.4, -0.2) is 5.11 Å². The molecule has 1 nitrogen and oxygen atoms in total. The molecular formula is C14H23KO. The van der Waals surface area contributed by atoms with Crippen molar-refractivity contribution >= 4 is 0 Å². The van der Waals surface area contributed by atoms with Gasteiger partial charge >= 0.3 is 51.4 Å². The summed E-state index contributed by atoms with van der Waals surface area (Å²) in [5.74, 6) is 0.456. The molecule has 0 radical (unpaired) electrons. The number of benzene rings is 1. The minimum Gasteiger partial charge on any atom is -1.00 e. The van der Waals surface area contributed by atoms with Crippen LogP contribution >= 0.6 is 0 Å². The van der Waals surface area contributed by atoms with E-state index in [1.807, 2.05) is 18.2 Å². The van der Waals surface area contributed by atoms with Crippen molar-refractivity contribution in [1.82, 2.24) is 0 Å². The van der Waals surface area contributed by atoms with Gasteiger partial charge in [-0.15, -0.1) is 0 Å². The molecule has 0 aliphatic rings. The Bertz CT molecular complexity index is 329. The van der Waals surface area contributed by atoms with Crippen molar-refractivity contribution in [2.24, 2.45) is 0 Å². The van der Waals surface area contributed by atoms with Crippen molar-refractivity contribution in [3.8, 4) is 5.75 Å². The Morgan fingerprint density at radius 1 is 0.875 bits per heavy atom. The van der Waals surface area contributed by atoms with E-state index in [9.17, 15) is 5.11 Å². The van der Waals surface area contributed by atoms with Crippen LogP contribution in [0.4, 0.5) is 0 Å². The zero-order chi connectivity index (χ0) is 11.9. The quantitative estimate of drug-likeness (QED) is 0.680. The fourth-order valence-electron chi connectivity index (χ4n) is 1.75. The number of rotatable bonds is 0. The predicted octanol–water partition coefficient (Wildman–Crippen LogP) is 1.10. The summed E-state index contributed by atoms with van der Waals surface area (Å²) in [6.45, 7) is 12.7. The molecule has 0 saturated carbocycles. The van der Waals surface area contributed by atoms with Gasteiger partial charge in [0.2, 0.25) is 0 Å². The summed E-state index contributed by atoms with van der Waals surface area (Å²) in [4.78, 5) is 0. The number of aromatic hydroxyl groups is 1. The van der Waals surface area contributed by atoms with E-state index in [1.165, 1.54) is 0 Å². The first kappa shape index (κ1) is 16.7. The minimum absolute atomic E-state index is 0. The number of phenols is 1. The fourth-order valence-corrected chi connectivity index (χ4v) is 1.75. The fraction of sp³-hybridized carbons (Fsp3) is 0.571. The second kappa shape index (κ2) is 5.53. The van der Waals surface area contributed by atoms with E-state index in [1.54, 1.807) is 0 Å². The first-order valence-electron chi connectivity index (χ1n) is 5.47. The summed E-state index contributed by atoms with van der Waals surface area (Å²) < 4.78 is 0. The van der Waals surface area contributed by atoms with E-state index in [0.717, 1.165) is 11.1 Å². The van der Waals surface area contributed by atoms with Crippen LogP contribution in [0.25, 0.3) is 0 Å². The molecule has 0 aliphatic heterocycles. The maximum Gasteiger partial charge on any atom is 1.00 e. The van der Waals surface area contributed by atoms with Crippen molar-refractivity contribution in [3.63, 3.8) is 0 Å². The van der Waals surface area contributed by atoms with Gasteiger partial charge in [-0.05, 0) is 22.0 Å². The van der Waals surface area contributed by atoms with Gasteiger partial charge in [0, 0.05) is 0 Å². The second-order valence-electron chi connectivity index (χ2n) is 6.20. The number of hydrogen-bond donors (Lipinski definition) is 1. The average Bonchev–Trinajstić information content (AvgIpc) is 1.99. The zero-order valence-electron chi connectivity index (χ0n) is 12.7. The van der Waals surface area contributed by atoms with Gasteiger partial charge in [0.15, 0.2) is 0 Å². The van der Waals surface area contributed by atoms with Crippen molar-refractivity contribution in [1.29, 1.82) is 0 Å². The summed E-state index contributed by atoms with van der Waals surface area (Å²) >= 11 is 0. The van der Waals surface area contributed by atoms with Gasteiger partial charge in [0.05, 0.1) is 0 Å². The Balaban J connectivity index is 0. The summed E-state index contributed by atoms with van der Waals surface area (Å²) in [6, 6.07) is 6.04. The Morgan fingerprint density at radius 3 is 1.44 bits per heavy atom. The predicted molar refractivity (Wildman–Crippen MR) is 66.6 cm³/mol. The van der Waals surface area contributed by atoms with Gasteiger partial charge in [-0.2, -0.15) is 0 Å². The smallest absolute Gasteiger partial charge is 1.00 e. The summed E-state index contributed by atoms with van der Waals surface area (Å²) in [5.41, 5.74) is 2.03. The van der Waals surface area contributed by atoms with E-state index in [0.29, 0.717) is 5.75 Å². The molecule has 86 valence electrons. The van der Waals surface area contributed by atoms with E-state index in [-0.39, 0.29) is 63.6 Å². The third kappa shape index (κ3) is 3.85. The van der Waals surface area contributed by atoms with Crippen LogP contribution in [0.15, 0.2) is 18.2 Å². The maximum absolute atomic E-state index is 10.3. The summed E-state index contributed by atoms with van der Waals surface area (Å²) in [5, 5.41) is 10.3. The zero-order valence-corrected chi connectivity index (χ0v) is 14.8. The van der Waals surface area contributed by atoms with Gasteiger partial charge in [0.25, 0.3) is 0 Å². The standard InChI is InChI=1S/C14H22O.K.H/c1-13(2,3)10-8-7-9-11(12(10)15)14(4,5)6;;/h7-9,15H,1-6H3;;/q;+1;-1. The van der Waals surface area contributed by atoms with Gasteiger partial charge < -0.3 is 6.53 Å². The molecule has 0 saturated heterocycles. The molecule has 1 rings (SSSR count). The van der Waals surface area contributed by atoms with Crippen LogP contribution in [0.5, 0.6) is 5.75 Å².